The molecule has 0 spiro atoms. The minimum atomic E-state index is 0.271. The van der Waals surface area contributed by atoms with Crippen LogP contribution in [0.4, 0.5) is 0 Å². The number of fused-ring (bicyclic) bond motifs is 2. The first-order chi connectivity index (χ1) is 10.8. The molecule has 4 rings (SSSR count). The lowest BCUT2D eigenvalue weighted by molar-refractivity contribution is -0.117. The maximum absolute atomic E-state index is 12.5. The van der Waals surface area contributed by atoms with Gasteiger partial charge in [0, 0.05) is 29.9 Å². The van der Waals surface area contributed by atoms with E-state index < -0.39 is 0 Å². The molecular weight excluding hydrogens is 270 g/mol. The van der Waals surface area contributed by atoms with Crippen LogP contribution >= 0.6 is 0 Å². The third-order valence-corrected chi connectivity index (χ3v) is 4.38. The molecule has 1 aromatic heterocycles. The molecule has 0 bridgehead atoms. The molecule has 0 saturated carbocycles. The van der Waals surface area contributed by atoms with Gasteiger partial charge in [-0.05, 0) is 34.8 Å². The number of aromatic amines is 1. The van der Waals surface area contributed by atoms with Crippen molar-refractivity contribution in [3.63, 3.8) is 0 Å². The fraction of sp³-hybridized carbons (Fsp3) is 0.150. The van der Waals surface area contributed by atoms with E-state index in [0.717, 1.165) is 22.9 Å². The molecule has 1 N–H and O–H groups in total. The van der Waals surface area contributed by atoms with Crippen molar-refractivity contribution in [2.75, 3.05) is 0 Å². The van der Waals surface area contributed by atoms with Crippen LogP contribution in [0, 0.1) is 0 Å². The van der Waals surface area contributed by atoms with Crippen molar-refractivity contribution < 1.29 is 4.79 Å². The molecule has 22 heavy (non-hydrogen) atoms. The summed E-state index contributed by atoms with van der Waals surface area (Å²) in [5.41, 5.74) is 5.94. The quantitative estimate of drug-likeness (QED) is 0.762. The molecule has 0 radical (unpaired) electrons. The predicted molar refractivity (Wildman–Crippen MR) is 89.7 cm³/mol. The Labute approximate surface area is 129 Å². The molecule has 0 fully saturated rings. The third-order valence-electron chi connectivity index (χ3n) is 4.38. The fourth-order valence-corrected chi connectivity index (χ4v) is 3.29. The number of benzene rings is 2. The molecule has 3 aromatic rings. The number of nitrogens with one attached hydrogen (secondary N) is 1. The first kappa shape index (κ1) is 13.1. The second-order valence-corrected chi connectivity index (χ2v) is 5.84. The van der Waals surface area contributed by atoms with Crippen LogP contribution in [0.2, 0.25) is 0 Å². The number of allylic oxidation sites excluding steroid dienone is 2. The Hall–Kier alpha value is -2.61. The zero-order valence-electron chi connectivity index (χ0n) is 12.3. The molecule has 1 aliphatic carbocycles. The minimum Gasteiger partial charge on any atom is -0.361 e. The average molecular weight is 287 g/mol. The van der Waals surface area contributed by atoms with Crippen LogP contribution in [-0.4, -0.2) is 10.8 Å². The van der Waals surface area contributed by atoms with Crippen LogP contribution in [0.25, 0.3) is 16.5 Å². The summed E-state index contributed by atoms with van der Waals surface area (Å²) < 4.78 is 0. The van der Waals surface area contributed by atoms with Gasteiger partial charge in [0.2, 0.25) is 0 Å². The van der Waals surface area contributed by atoms with Gasteiger partial charge in [-0.2, -0.15) is 0 Å². The molecule has 2 nitrogen and oxygen atoms in total. The van der Waals surface area contributed by atoms with Crippen molar-refractivity contribution in [2.24, 2.45) is 0 Å². The number of rotatable bonds is 4. The highest BCUT2D eigenvalue weighted by Gasteiger charge is 2.17. The number of aromatic nitrogens is 1. The Morgan fingerprint density at radius 3 is 2.77 bits per heavy atom. The van der Waals surface area contributed by atoms with E-state index in [9.17, 15) is 4.79 Å². The summed E-state index contributed by atoms with van der Waals surface area (Å²) in [6, 6.07) is 16.5. The Bertz CT molecular complexity index is 885. The molecule has 1 aliphatic rings. The molecule has 108 valence electrons. The zero-order valence-corrected chi connectivity index (χ0v) is 12.3. The van der Waals surface area contributed by atoms with Gasteiger partial charge in [-0.25, -0.2) is 0 Å². The van der Waals surface area contributed by atoms with Crippen molar-refractivity contribution >= 4 is 22.3 Å². The van der Waals surface area contributed by atoms with Gasteiger partial charge in [0.15, 0.2) is 0 Å². The normalized spacial score (nSPS) is 13.2. The summed E-state index contributed by atoms with van der Waals surface area (Å²) >= 11 is 0. The molecule has 0 atom stereocenters. The summed E-state index contributed by atoms with van der Waals surface area (Å²) in [7, 11) is 0. The number of carbonyl (C=O) groups excluding carboxylic acids is 1. The lowest BCUT2D eigenvalue weighted by atomic mass is 9.98. The van der Waals surface area contributed by atoms with Gasteiger partial charge in [-0.1, -0.05) is 48.5 Å². The van der Waals surface area contributed by atoms with E-state index >= 15 is 0 Å². The topological polar surface area (TPSA) is 32.9 Å². The summed E-state index contributed by atoms with van der Waals surface area (Å²) in [5, 5.41) is 1.15. The highest BCUT2D eigenvalue weighted by atomic mass is 16.1. The van der Waals surface area contributed by atoms with E-state index in [1.807, 2.05) is 30.5 Å². The first-order valence-corrected chi connectivity index (χ1v) is 7.65. The zero-order chi connectivity index (χ0) is 14.9. The van der Waals surface area contributed by atoms with Crippen LogP contribution in [0.15, 0.2) is 60.8 Å². The highest BCUT2D eigenvalue weighted by Crippen LogP contribution is 2.30. The number of H-pyrrole nitrogens is 1. The van der Waals surface area contributed by atoms with E-state index in [-0.39, 0.29) is 5.78 Å². The maximum Gasteiger partial charge on any atom is 0.141 e. The number of hydrogen-bond acceptors (Lipinski definition) is 1. The number of Topliss-reactive ketones (excluding diaryl/α,β-unsaturated/α-hetero) is 1. The Morgan fingerprint density at radius 2 is 1.82 bits per heavy atom. The van der Waals surface area contributed by atoms with Crippen molar-refractivity contribution in [3.05, 3.63) is 77.5 Å². The molecular formula is C20H17NO. The molecule has 0 saturated heterocycles. The Morgan fingerprint density at radius 1 is 1.00 bits per heavy atom. The lowest BCUT2D eigenvalue weighted by Crippen LogP contribution is -2.03. The molecule has 0 amide bonds. The second-order valence-electron chi connectivity index (χ2n) is 5.84. The largest absolute Gasteiger partial charge is 0.361 e. The van der Waals surface area contributed by atoms with Crippen molar-refractivity contribution in [3.8, 4) is 0 Å². The lowest BCUT2D eigenvalue weighted by Gasteiger charge is -2.05. The van der Waals surface area contributed by atoms with Gasteiger partial charge < -0.3 is 4.98 Å². The van der Waals surface area contributed by atoms with Crippen LogP contribution in [-0.2, 0) is 17.6 Å². The van der Waals surface area contributed by atoms with Gasteiger partial charge >= 0.3 is 0 Å². The van der Waals surface area contributed by atoms with Crippen molar-refractivity contribution in [2.45, 2.75) is 19.3 Å². The minimum absolute atomic E-state index is 0.271. The monoisotopic (exact) mass is 287 g/mol. The van der Waals surface area contributed by atoms with Crippen molar-refractivity contribution in [1.29, 1.82) is 0 Å². The average Bonchev–Trinajstić information content (AvgIpc) is 3.13. The van der Waals surface area contributed by atoms with E-state index in [0.29, 0.717) is 12.8 Å². The predicted octanol–water partition coefficient (Wildman–Crippen LogP) is 4.31. The van der Waals surface area contributed by atoms with E-state index in [4.69, 9.17) is 0 Å². The molecule has 0 unspecified atom stereocenters. The number of para-hydroxylation sites is 1. The van der Waals surface area contributed by atoms with Gasteiger partial charge in [0.25, 0.3) is 0 Å². The van der Waals surface area contributed by atoms with E-state index in [1.165, 1.54) is 16.7 Å². The maximum atomic E-state index is 12.5. The number of ketones is 1. The molecule has 2 aromatic carbocycles. The second kappa shape index (κ2) is 5.30. The fourth-order valence-electron chi connectivity index (χ4n) is 3.29. The Balaban J connectivity index is 1.52. The van der Waals surface area contributed by atoms with Crippen LogP contribution < -0.4 is 0 Å². The summed E-state index contributed by atoms with van der Waals surface area (Å²) in [6.07, 6.45) is 6.11. The molecule has 0 aliphatic heterocycles. The number of hydrogen-bond donors (Lipinski definition) is 1. The summed E-state index contributed by atoms with van der Waals surface area (Å²) in [6.45, 7) is 0. The van der Waals surface area contributed by atoms with E-state index in [2.05, 4.69) is 35.3 Å². The smallest absolute Gasteiger partial charge is 0.141 e. The van der Waals surface area contributed by atoms with Gasteiger partial charge in [-0.3, -0.25) is 4.79 Å². The highest BCUT2D eigenvalue weighted by molar-refractivity contribution is 5.95. The summed E-state index contributed by atoms with van der Waals surface area (Å²) in [4.78, 5) is 15.7. The SMILES string of the molecule is O=C(CC1=CCc2ccccc21)Cc1c[nH]c2ccccc12. The van der Waals surface area contributed by atoms with Crippen LogP contribution in [0.5, 0.6) is 0 Å². The number of carbonyl (C=O) groups is 1. The standard InChI is InChI=1S/C20H17NO/c22-17(11-15-10-9-14-5-1-2-6-18(14)15)12-16-13-21-20-8-4-3-7-19(16)20/h1-8,10,13,21H,9,11-12H2. The van der Waals surface area contributed by atoms with Crippen LogP contribution in [0.1, 0.15) is 23.1 Å². The van der Waals surface area contributed by atoms with Gasteiger partial charge in [0.05, 0.1) is 0 Å². The van der Waals surface area contributed by atoms with Crippen molar-refractivity contribution in [1.82, 2.24) is 4.98 Å². The van der Waals surface area contributed by atoms with Gasteiger partial charge in [0.1, 0.15) is 5.78 Å². The molecule has 1 heterocycles. The first-order valence-electron chi connectivity index (χ1n) is 7.65. The molecule has 2 heteroatoms. The summed E-state index contributed by atoms with van der Waals surface area (Å²) in [5.74, 6) is 0.271. The van der Waals surface area contributed by atoms with Crippen LogP contribution in [0.3, 0.4) is 0 Å². The van der Waals surface area contributed by atoms with Gasteiger partial charge in [-0.15, -0.1) is 0 Å². The van der Waals surface area contributed by atoms with E-state index in [1.54, 1.807) is 0 Å². The Kier molecular flexibility index (Phi) is 3.15. The third kappa shape index (κ3) is 2.27.